The van der Waals surface area contributed by atoms with Gasteiger partial charge < -0.3 is 19.8 Å². The Balaban J connectivity index is 1.41. The van der Waals surface area contributed by atoms with Gasteiger partial charge in [0, 0.05) is 37.7 Å². The van der Waals surface area contributed by atoms with Crippen LogP contribution in [0.3, 0.4) is 0 Å². The van der Waals surface area contributed by atoms with E-state index in [1.165, 1.54) is 0 Å². The summed E-state index contributed by atoms with van der Waals surface area (Å²) >= 11 is 0. The smallest absolute Gasteiger partial charge is 0.251 e. The Kier molecular flexibility index (Phi) is 4.27. The quantitative estimate of drug-likeness (QED) is 0.748. The van der Waals surface area contributed by atoms with Crippen LogP contribution >= 0.6 is 0 Å². The van der Waals surface area contributed by atoms with Crippen molar-refractivity contribution >= 4 is 17.4 Å². The van der Waals surface area contributed by atoms with Crippen molar-refractivity contribution in [1.29, 1.82) is 0 Å². The predicted octanol–water partition coefficient (Wildman–Crippen LogP) is 2.46. The number of carbonyl (C=O) groups excluding carboxylic acids is 1. The van der Waals surface area contributed by atoms with E-state index < -0.39 is 0 Å². The van der Waals surface area contributed by atoms with Crippen LogP contribution in [-0.2, 0) is 9.53 Å². The molecule has 0 aliphatic carbocycles. The molecule has 1 amide bonds. The summed E-state index contributed by atoms with van der Waals surface area (Å²) in [5.74, 6) is 1.48. The molecule has 5 rings (SSSR count). The lowest BCUT2D eigenvalue weighted by molar-refractivity contribution is -0.142. The van der Waals surface area contributed by atoms with Gasteiger partial charge in [0.15, 0.2) is 11.4 Å². The van der Waals surface area contributed by atoms with E-state index in [2.05, 4.69) is 5.10 Å². The zero-order valence-corrected chi connectivity index (χ0v) is 15.6. The first-order valence-corrected chi connectivity index (χ1v) is 9.79. The highest BCUT2D eigenvalue weighted by molar-refractivity contribution is 5.81. The summed E-state index contributed by atoms with van der Waals surface area (Å²) in [7, 11) is 0. The van der Waals surface area contributed by atoms with Gasteiger partial charge in [-0.25, -0.2) is 4.98 Å². The van der Waals surface area contributed by atoms with E-state index in [9.17, 15) is 4.79 Å². The number of nitrogens with zero attached hydrogens (tertiary/aromatic N) is 4. The van der Waals surface area contributed by atoms with Gasteiger partial charge in [0.25, 0.3) is 5.91 Å². The number of carbonyl (C=O) groups is 1. The molecule has 2 aliphatic heterocycles. The van der Waals surface area contributed by atoms with Crippen molar-refractivity contribution in [1.82, 2.24) is 19.5 Å². The number of nitrogen functional groups attached to an aromatic ring is 1. The van der Waals surface area contributed by atoms with E-state index >= 15 is 0 Å². The molecule has 2 N–H and O–H groups in total. The first kappa shape index (κ1) is 17.2. The average Bonchev–Trinajstić information content (AvgIpc) is 3.48. The molecule has 0 spiro atoms. The molecule has 3 aromatic rings. The van der Waals surface area contributed by atoms with Gasteiger partial charge in [-0.05, 0) is 37.8 Å². The van der Waals surface area contributed by atoms with Crippen LogP contribution in [0.15, 0.2) is 34.9 Å². The molecule has 0 bridgehead atoms. The number of ether oxygens (including phenoxy) is 1. The van der Waals surface area contributed by atoms with Crippen molar-refractivity contribution in [2.24, 2.45) is 0 Å². The van der Waals surface area contributed by atoms with Crippen LogP contribution in [0.4, 0.5) is 5.82 Å². The molecular formula is C20H23N5O3. The fourth-order valence-electron chi connectivity index (χ4n) is 4.17. The maximum atomic E-state index is 12.7. The monoisotopic (exact) mass is 381 g/mol. The second kappa shape index (κ2) is 6.94. The van der Waals surface area contributed by atoms with Crippen LogP contribution in [0, 0.1) is 0 Å². The van der Waals surface area contributed by atoms with E-state index in [1.54, 1.807) is 10.8 Å². The Labute approximate surface area is 162 Å². The summed E-state index contributed by atoms with van der Waals surface area (Å²) < 4.78 is 12.6. The molecule has 8 nitrogen and oxygen atoms in total. The highest BCUT2D eigenvalue weighted by Crippen LogP contribution is 2.30. The fourth-order valence-corrected chi connectivity index (χ4v) is 4.17. The van der Waals surface area contributed by atoms with Gasteiger partial charge >= 0.3 is 0 Å². The van der Waals surface area contributed by atoms with Gasteiger partial charge in [-0.1, -0.05) is 0 Å². The summed E-state index contributed by atoms with van der Waals surface area (Å²) in [5, 5.41) is 4.49. The van der Waals surface area contributed by atoms with Gasteiger partial charge in [-0.15, -0.1) is 0 Å². The van der Waals surface area contributed by atoms with Gasteiger partial charge in [-0.2, -0.15) is 9.61 Å². The number of likely N-dealkylation sites (tertiary alicyclic amines) is 1. The zero-order valence-electron chi connectivity index (χ0n) is 15.6. The van der Waals surface area contributed by atoms with Crippen molar-refractivity contribution in [2.75, 3.05) is 25.4 Å². The number of hydrogen-bond donors (Lipinski definition) is 1. The molecular weight excluding hydrogens is 358 g/mol. The topological polar surface area (TPSA) is 98.9 Å². The number of hydrogen-bond acceptors (Lipinski definition) is 6. The normalized spacial score (nSPS) is 22.8. The van der Waals surface area contributed by atoms with Gasteiger partial charge in [0.2, 0.25) is 0 Å². The minimum atomic E-state index is -0.273. The molecule has 0 unspecified atom stereocenters. The number of anilines is 1. The van der Waals surface area contributed by atoms with Crippen LogP contribution in [0.1, 0.15) is 37.3 Å². The Hall–Kier alpha value is -2.87. The molecule has 0 saturated carbocycles. The van der Waals surface area contributed by atoms with Crippen LogP contribution in [-0.4, -0.2) is 51.2 Å². The largest absolute Gasteiger partial charge is 0.463 e. The highest BCUT2D eigenvalue weighted by atomic mass is 16.5. The number of amides is 1. The SMILES string of the molecule is Nc1cc([C@H]2CCCN(C(=O)[C@@H]3CCCO3)C2)nc2cc(-c3ccco3)nn12. The molecule has 0 radical (unpaired) electrons. The number of furan rings is 1. The summed E-state index contributed by atoms with van der Waals surface area (Å²) in [5.41, 5.74) is 8.54. The summed E-state index contributed by atoms with van der Waals surface area (Å²) in [6.07, 6.45) is 5.06. The lowest BCUT2D eigenvalue weighted by Gasteiger charge is -2.34. The Morgan fingerprint density at radius 1 is 1.25 bits per heavy atom. The first-order valence-electron chi connectivity index (χ1n) is 9.79. The molecule has 2 atom stereocenters. The number of nitrogens with two attached hydrogens (primary N) is 1. The molecule has 5 heterocycles. The lowest BCUT2D eigenvalue weighted by Crippen LogP contribution is -2.44. The van der Waals surface area contributed by atoms with Crippen molar-refractivity contribution in [3.8, 4) is 11.5 Å². The van der Waals surface area contributed by atoms with Crippen molar-refractivity contribution in [3.05, 3.63) is 36.2 Å². The number of fused-ring (bicyclic) bond motifs is 1. The van der Waals surface area contributed by atoms with E-state index in [-0.39, 0.29) is 17.9 Å². The van der Waals surface area contributed by atoms with Crippen LogP contribution in [0.2, 0.25) is 0 Å². The van der Waals surface area contributed by atoms with Gasteiger partial charge in [0.05, 0.1) is 12.0 Å². The molecule has 28 heavy (non-hydrogen) atoms. The average molecular weight is 381 g/mol. The third-order valence-corrected chi connectivity index (χ3v) is 5.60. The van der Waals surface area contributed by atoms with E-state index in [0.29, 0.717) is 36.1 Å². The third-order valence-electron chi connectivity index (χ3n) is 5.60. The zero-order chi connectivity index (χ0) is 19.1. The summed E-state index contributed by atoms with van der Waals surface area (Å²) in [6, 6.07) is 7.42. The Morgan fingerprint density at radius 2 is 2.18 bits per heavy atom. The van der Waals surface area contributed by atoms with Crippen molar-refractivity contribution in [2.45, 2.75) is 37.7 Å². The van der Waals surface area contributed by atoms with Crippen LogP contribution in [0.5, 0.6) is 0 Å². The maximum Gasteiger partial charge on any atom is 0.251 e. The van der Waals surface area contributed by atoms with Crippen LogP contribution < -0.4 is 5.73 Å². The second-order valence-corrected chi connectivity index (χ2v) is 7.51. The lowest BCUT2D eigenvalue weighted by atomic mass is 9.94. The standard InChI is InChI=1S/C20H23N5O3/c21-18-10-14(22-19-11-15(23-25(18)19)16-5-2-8-27-16)13-4-1-7-24(12-13)20(26)17-6-3-9-28-17/h2,5,8,10-11,13,17H,1,3-4,6-7,9,12,21H2/t13-,17-/m0/s1. The molecule has 2 saturated heterocycles. The fraction of sp³-hybridized carbons (Fsp3) is 0.450. The molecule has 8 heteroatoms. The first-order chi connectivity index (χ1) is 13.7. The van der Waals surface area contributed by atoms with Crippen molar-refractivity contribution in [3.63, 3.8) is 0 Å². The number of piperidine rings is 1. The number of rotatable bonds is 3. The van der Waals surface area contributed by atoms with Gasteiger partial charge in [-0.3, -0.25) is 4.79 Å². The summed E-state index contributed by atoms with van der Waals surface area (Å²) in [4.78, 5) is 19.4. The van der Waals surface area contributed by atoms with E-state index in [0.717, 1.165) is 37.9 Å². The molecule has 146 valence electrons. The molecule has 0 aromatic carbocycles. The molecule has 2 fully saturated rings. The van der Waals surface area contributed by atoms with Crippen molar-refractivity contribution < 1.29 is 13.9 Å². The predicted molar refractivity (Wildman–Crippen MR) is 103 cm³/mol. The van der Waals surface area contributed by atoms with Gasteiger partial charge in [0.1, 0.15) is 17.6 Å². The minimum absolute atomic E-state index is 0.112. The third kappa shape index (κ3) is 3.03. The Bertz CT molecular complexity index is 991. The van der Waals surface area contributed by atoms with E-state index in [1.807, 2.05) is 29.2 Å². The highest BCUT2D eigenvalue weighted by Gasteiger charge is 2.32. The molecule has 2 aliphatic rings. The van der Waals surface area contributed by atoms with E-state index in [4.69, 9.17) is 19.9 Å². The second-order valence-electron chi connectivity index (χ2n) is 7.51. The maximum absolute atomic E-state index is 12.7. The minimum Gasteiger partial charge on any atom is -0.463 e. The number of aromatic nitrogens is 3. The molecule has 3 aromatic heterocycles. The van der Waals surface area contributed by atoms with Crippen LogP contribution in [0.25, 0.3) is 17.1 Å². The Morgan fingerprint density at radius 3 is 2.96 bits per heavy atom. The summed E-state index contributed by atoms with van der Waals surface area (Å²) in [6.45, 7) is 2.12.